The minimum atomic E-state index is -0.0806. The van der Waals surface area contributed by atoms with E-state index in [-0.39, 0.29) is 5.78 Å². The number of nitrogen functional groups attached to an aromatic ring is 1. The molecular weight excluding hydrogens is 246 g/mol. The molecule has 0 amide bonds. The summed E-state index contributed by atoms with van der Waals surface area (Å²) in [5, 5.41) is 13.1. The van der Waals surface area contributed by atoms with E-state index in [2.05, 4.69) is 11.4 Å². The van der Waals surface area contributed by atoms with Gasteiger partial charge in [-0.15, -0.1) is 11.3 Å². The van der Waals surface area contributed by atoms with Gasteiger partial charge in [-0.3, -0.25) is 4.79 Å². The maximum atomic E-state index is 11.4. The van der Waals surface area contributed by atoms with E-state index in [0.717, 1.165) is 11.5 Å². The zero-order chi connectivity index (χ0) is 13.1. The van der Waals surface area contributed by atoms with Crippen LogP contribution in [0.1, 0.15) is 47.8 Å². The molecule has 1 fully saturated rings. The van der Waals surface area contributed by atoms with E-state index in [1.54, 1.807) is 0 Å². The van der Waals surface area contributed by atoms with Gasteiger partial charge in [-0.2, -0.15) is 5.26 Å². The molecule has 5 heteroatoms. The Balaban J connectivity index is 2.14. The minimum absolute atomic E-state index is 0.0806. The number of carbonyl (C=O) groups excluding carboxylic acids is 1. The van der Waals surface area contributed by atoms with E-state index >= 15 is 0 Å². The molecule has 0 aliphatic heterocycles. The molecule has 0 aromatic carbocycles. The van der Waals surface area contributed by atoms with Gasteiger partial charge in [0.25, 0.3) is 0 Å². The number of carbonyl (C=O) groups is 1. The minimum Gasteiger partial charge on any atom is -0.396 e. The van der Waals surface area contributed by atoms with Gasteiger partial charge in [0.1, 0.15) is 16.6 Å². The van der Waals surface area contributed by atoms with Crippen LogP contribution in [-0.4, -0.2) is 12.3 Å². The largest absolute Gasteiger partial charge is 0.396 e. The predicted molar refractivity (Wildman–Crippen MR) is 73.9 cm³/mol. The SMILES string of the molecule is CC(=O)c1sc(NCC2CCCC2)c(C#N)c1N. The summed E-state index contributed by atoms with van der Waals surface area (Å²) in [6.45, 7) is 2.34. The third-order valence-electron chi connectivity index (χ3n) is 3.40. The van der Waals surface area contributed by atoms with Crippen molar-refractivity contribution < 1.29 is 4.79 Å². The molecular formula is C13H17N3OS. The van der Waals surface area contributed by atoms with E-state index in [4.69, 9.17) is 11.0 Å². The monoisotopic (exact) mass is 263 g/mol. The summed E-state index contributed by atoms with van der Waals surface area (Å²) in [5.41, 5.74) is 6.57. The molecule has 1 heterocycles. The van der Waals surface area contributed by atoms with E-state index < -0.39 is 0 Å². The van der Waals surface area contributed by atoms with Gasteiger partial charge in [0, 0.05) is 13.5 Å². The fourth-order valence-corrected chi connectivity index (χ4v) is 3.37. The molecule has 0 spiro atoms. The second-order valence-corrected chi connectivity index (χ2v) is 5.77. The summed E-state index contributed by atoms with van der Waals surface area (Å²) < 4.78 is 0. The average molecular weight is 263 g/mol. The highest BCUT2D eigenvalue weighted by Gasteiger charge is 2.20. The molecule has 0 saturated heterocycles. The number of nitrogens with one attached hydrogen (secondary N) is 1. The number of hydrogen-bond donors (Lipinski definition) is 2. The van der Waals surface area contributed by atoms with Gasteiger partial charge in [-0.05, 0) is 18.8 Å². The van der Waals surface area contributed by atoms with Gasteiger partial charge in [-0.1, -0.05) is 12.8 Å². The van der Waals surface area contributed by atoms with Gasteiger partial charge in [0.05, 0.1) is 10.6 Å². The molecule has 0 radical (unpaired) electrons. The molecule has 0 bridgehead atoms. The first-order chi connectivity index (χ1) is 8.63. The zero-order valence-electron chi connectivity index (χ0n) is 10.5. The van der Waals surface area contributed by atoms with Gasteiger partial charge in [0.15, 0.2) is 5.78 Å². The Kier molecular flexibility index (Phi) is 3.87. The van der Waals surface area contributed by atoms with Crippen LogP contribution in [0.3, 0.4) is 0 Å². The van der Waals surface area contributed by atoms with Crippen LogP contribution in [0.25, 0.3) is 0 Å². The van der Waals surface area contributed by atoms with Gasteiger partial charge in [0.2, 0.25) is 0 Å². The van der Waals surface area contributed by atoms with Crippen LogP contribution in [0.5, 0.6) is 0 Å². The van der Waals surface area contributed by atoms with Crippen molar-refractivity contribution in [2.24, 2.45) is 5.92 Å². The van der Waals surface area contributed by atoms with E-state index in [1.165, 1.54) is 43.9 Å². The number of anilines is 2. The Labute approximate surface area is 111 Å². The van der Waals surface area contributed by atoms with Crippen molar-refractivity contribution in [3.63, 3.8) is 0 Å². The Morgan fingerprint density at radius 1 is 1.56 bits per heavy atom. The summed E-state index contributed by atoms with van der Waals surface area (Å²) in [4.78, 5) is 11.9. The first kappa shape index (κ1) is 12.9. The van der Waals surface area contributed by atoms with Gasteiger partial charge >= 0.3 is 0 Å². The van der Waals surface area contributed by atoms with Crippen molar-refractivity contribution in [2.75, 3.05) is 17.6 Å². The summed E-state index contributed by atoms with van der Waals surface area (Å²) in [6, 6.07) is 2.09. The summed E-state index contributed by atoms with van der Waals surface area (Å²) >= 11 is 1.29. The standard InChI is InChI=1S/C13H17N3OS/c1-8(17)12-11(15)10(6-14)13(18-12)16-7-9-4-2-3-5-9/h9,16H,2-5,7,15H2,1H3. The van der Waals surface area contributed by atoms with Crippen molar-refractivity contribution in [1.82, 2.24) is 0 Å². The Morgan fingerprint density at radius 3 is 2.78 bits per heavy atom. The highest BCUT2D eigenvalue weighted by Crippen LogP contribution is 2.36. The molecule has 0 atom stereocenters. The lowest BCUT2D eigenvalue weighted by Gasteiger charge is -2.10. The fourth-order valence-electron chi connectivity index (χ4n) is 2.39. The first-order valence-corrected chi connectivity index (χ1v) is 7.02. The van der Waals surface area contributed by atoms with E-state index in [1.807, 2.05) is 0 Å². The van der Waals surface area contributed by atoms with Crippen LogP contribution in [0.4, 0.5) is 10.7 Å². The molecule has 4 nitrogen and oxygen atoms in total. The van der Waals surface area contributed by atoms with Crippen LogP contribution < -0.4 is 11.1 Å². The van der Waals surface area contributed by atoms with Crippen LogP contribution in [0.15, 0.2) is 0 Å². The molecule has 1 aromatic heterocycles. The topological polar surface area (TPSA) is 78.9 Å². The van der Waals surface area contributed by atoms with E-state index in [0.29, 0.717) is 22.0 Å². The number of rotatable bonds is 4. The molecule has 1 aliphatic rings. The maximum Gasteiger partial charge on any atom is 0.171 e. The Hall–Kier alpha value is -1.54. The quantitative estimate of drug-likeness (QED) is 0.818. The lowest BCUT2D eigenvalue weighted by Crippen LogP contribution is -2.10. The molecule has 18 heavy (non-hydrogen) atoms. The first-order valence-electron chi connectivity index (χ1n) is 6.20. The number of nitrogens with zero attached hydrogens (tertiary/aromatic N) is 1. The van der Waals surface area contributed by atoms with Crippen molar-refractivity contribution in [3.05, 3.63) is 10.4 Å². The second kappa shape index (κ2) is 5.40. The van der Waals surface area contributed by atoms with Crippen molar-refractivity contribution in [3.8, 4) is 6.07 Å². The maximum absolute atomic E-state index is 11.4. The third kappa shape index (κ3) is 2.49. The molecule has 3 N–H and O–H groups in total. The molecule has 0 unspecified atom stereocenters. The number of thiophene rings is 1. The van der Waals surface area contributed by atoms with Crippen LogP contribution in [0.2, 0.25) is 0 Å². The molecule has 1 saturated carbocycles. The third-order valence-corrected chi connectivity index (χ3v) is 4.67. The van der Waals surface area contributed by atoms with Crippen LogP contribution in [-0.2, 0) is 0 Å². The molecule has 96 valence electrons. The fraction of sp³-hybridized carbons (Fsp3) is 0.538. The highest BCUT2D eigenvalue weighted by atomic mass is 32.1. The van der Waals surface area contributed by atoms with Crippen LogP contribution >= 0.6 is 11.3 Å². The van der Waals surface area contributed by atoms with Crippen molar-refractivity contribution in [2.45, 2.75) is 32.6 Å². The predicted octanol–water partition coefficient (Wildman–Crippen LogP) is 3.01. The number of nitriles is 1. The number of nitrogens with two attached hydrogens (primary N) is 1. The lowest BCUT2D eigenvalue weighted by atomic mass is 10.1. The molecule has 1 aliphatic carbocycles. The Bertz CT molecular complexity index is 495. The van der Waals surface area contributed by atoms with Crippen molar-refractivity contribution >= 4 is 27.8 Å². The number of ketones is 1. The molecule has 2 rings (SSSR count). The summed E-state index contributed by atoms with van der Waals surface area (Å²) in [7, 11) is 0. The number of hydrogen-bond acceptors (Lipinski definition) is 5. The highest BCUT2D eigenvalue weighted by molar-refractivity contribution is 7.18. The zero-order valence-corrected chi connectivity index (χ0v) is 11.3. The summed E-state index contributed by atoms with van der Waals surface area (Å²) in [6.07, 6.45) is 5.08. The smallest absolute Gasteiger partial charge is 0.171 e. The average Bonchev–Trinajstić information content (AvgIpc) is 2.93. The normalized spacial score (nSPS) is 15.6. The number of Topliss-reactive ketones (excluding diaryl/α,β-unsaturated/α-hetero) is 1. The van der Waals surface area contributed by atoms with Crippen LogP contribution in [0, 0.1) is 17.2 Å². The molecule has 1 aromatic rings. The van der Waals surface area contributed by atoms with E-state index in [9.17, 15) is 4.79 Å². The second-order valence-electron chi connectivity index (χ2n) is 4.75. The van der Waals surface area contributed by atoms with Gasteiger partial charge in [-0.25, -0.2) is 0 Å². The Morgan fingerprint density at radius 2 is 2.22 bits per heavy atom. The lowest BCUT2D eigenvalue weighted by molar-refractivity contribution is 0.102. The van der Waals surface area contributed by atoms with Gasteiger partial charge < -0.3 is 11.1 Å². The summed E-state index contributed by atoms with van der Waals surface area (Å²) in [5.74, 6) is 0.601. The van der Waals surface area contributed by atoms with Crippen molar-refractivity contribution in [1.29, 1.82) is 5.26 Å².